The molecule has 0 saturated carbocycles. The minimum absolute atomic E-state index is 0.204. The molecule has 1 N–H and O–H groups in total. The Labute approximate surface area is 243 Å². The molecule has 0 unspecified atom stereocenters. The van der Waals surface area contributed by atoms with Gasteiger partial charge < -0.3 is 14.8 Å². The molecule has 0 saturated heterocycles. The zero-order valence-corrected chi connectivity index (χ0v) is 25.1. The fourth-order valence-corrected chi connectivity index (χ4v) is 5.35. The lowest BCUT2D eigenvalue weighted by Crippen LogP contribution is -2.34. The smallest absolute Gasteiger partial charge is 0.262 e. The van der Waals surface area contributed by atoms with E-state index in [9.17, 15) is 9.18 Å². The summed E-state index contributed by atoms with van der Waals surface area (Å²) < 4.78 is 27.8. The van der Waals surface area contributed by atoms with Crippen molar-refractivity contribution in [1.29, 1.82) is 0 Å². The zero-order chi connectivity index (χ0) is 28.4. The molecule has 0 aliphatic rings. The number of unbranched alkanes of at least 4 members (excludes halogenated alkanes) is 11. The molecular formula is C33H46FN2O3S+. The number of aryl methyl sites for hydroxylation is 1. The number of aromatic nitrogens is 1. The molecule has 1 amide bonds. The summed E-state index contributed by atoms with van der Waals surface area (Å²) in [6.45, 7) is 5.42. The van der Waals surface area contributed by atoms with Crippen LogP contribution in [0.4, 0.5) is 10.1 Å². The Morgan fingerprint density at radius 2 is 1.52 bits per heavy atom. The van der Waals surface area contributed by atoms with Crippen molar-refractivity contribution in [2.24, 2.45) is 0 Å². The van der Waals surface area contributed by atoms with Crippen LogP contribution in [0.5, 0.6) is 11.5 Å². The molecular weight excluding hydrogens is 523 g/mol. The van der Waals surface area contributed by atoms with Gasteiger partial charge in [0.25, 0.3) is 5.91 Å². The van der Waals surface area contributed by atoms with Gasteiger partial charge in [-0.15, -0.1) is 0 Å². The minimum Gasteiger partial charge on any atom is -0.491 e. The summed E-state index contributed by atoms with van der Waals surface area (Å²) in [5, 5.41) is 4.93. The van der Waals surface area contributed by atoms with E-state index >= 15 is 0 Å². The number of thiazole rings is 1. The lowest BCUT2D eigenvalue weighted by Gasteiger charge is -2.10. The maximum atomic E-state index is 14.5. The van der Waals surface area contributed by atoms with Gasteiger partial charge >= 0.3 is 0 Å². The lowest BCUT2D eigenvalue weighted by molar-refractivity contribution is -0.689. The first-order chi connectivity index (χ1) is 19.5. The maximum Gasteiger partial charge on any atom is 0.262 e. The van der Waals surface area contributed by atoms with Crippen molar-refractivity contribution in [2.75, 3.05) is 18.5 Å². The Morgan fingerprint density at radius 1 is 0.875 bits per heavy atom. The molecule has 0 bridgehead atoms. The Kier molecular flexibility index (Phi) is 14.6. The highest BCUT2D eigenvalue weighted by Crippen LogP contribution is 2.23. The number of hydrogen-bond acceptors (Lipinski definition) is 4. The molecule has 0 aliphatic heterocycles. The van der Waals surface area contributed by atoms with E-state index in [4.69, 9.17) is 9.47 Å². The summed E-state index contributed by atoms with van der Waals surface area (Å²) in [7, 11) is 0. The van der Waals surface area contributed by atoms with Crippen LogP contribution in [0.2, 0.25) is 0 Å². The molecule has 1 heterocycles. The van der Waals surface area contributed by atoms with Crippen LogP contribution in [0.3, 0.4) is 0 Å². The van der Waals surface area contributed by atoms with Crippen LogP contribution in [-0.2, 0) is 11.3 Å². The zero-order valence-electron chi connectivity index (χ0n) is 24.3. The third kappa shape index (κ3) is 12.1. The molecule has 2 aromatic carbocycles. The minimum atomic E-state index is -0.480. The van der Waals surface area contributed by atoms with Gasteiger partial charge in [-0.25, -0.2) is 4.39 Å². The van der Waals surface area contributed by atoms with Crippen LogP contribution >= 0.6 is 11.3 Å². The predicted molar refractivity (Wildman–Crippen MR) is 162 cm³/mol. The number of hydrogen-bond donors (Lipinski definition) is 1. The number of anilines is 1. The van der Waals surface area contributed by atoms with Gasteiger partial charge in [-0.2, -0.15) is 4.57 Å². The average Bonchev–Trinajstić information content (AvgIpc) is 3.36. The van der Waals surface area contributed by atoms with Crippen LogP contribution in [0.15, 0.2) is 53.4 Å². The van der Waals surface area contributed by atoms with E-state index in [1.54, 1.807) is 23.5 Å². The molecule has 1 aromatic heterocycles. The van der Waals surface area contributed by atoms with Gasteiger partial charge in [0.2, 0.25) is 5.51 Å². The monoisotopic (exact) mass is 569 g/mol. The Morgan fingerprint density at radius 3 is 2.12 bits per heavy atom. The molecule has 7 heteroatoms. The van der Waals surface area contributed by atoms with Gasteiger partial charge in [-0.05, 0) is 30.7 Å². The van der Waals surface area contributed by atoms with Crippen molar-refractivity contribution in [3.8, 4) is 11.5 Å². The van der Waals surface area contributed by atoms with Crippen molar-refractivity contribution in [3.05, 3.63) is 70.4 Å². The number of carbonyl (C=O) groups is 1. The first kappa shape index (κ1) is 31.6. The number of benzene rings is 2. The summed E-state index contributed by atoms with van der Waals surface area (Å²) in [4.78, 5) is 12.3. The van der Waals surface area contributed by atoms with Crippen molar-refractivity contribution >= 4 is 22.9 Å². The third-order valence-electron chi connectivity index (χ3n) is 7.00. The highest BCUT2D eigenvalue weighted by atomic mass is 32.1. The van der Waals surface area contributed by atoms with Gasteiger partial charge in [0.1, 0.15) is 5.75 Å². The maximum absolute atomic E-state index is 14.5. The number of carbonyl (C=O) groups excluding carboxylic acids is 1. The second-order valence-electron chi connectivity index (χ2n) is 10.5. The van der Waals surface area contributed by atoms with Crippen LogP contribution in [-0.4, -0.2) is 19.1 Å². The molecule has 0 radical (unpaired) electrons. The number of ether oxygens (including phenoxy) is 2. The first-order valence-corrected chi connectivity index (χ1v) is 15.9. The SMILES string of the molecule is CCCCCCCCCCCCCCOc1ccc(OCC(=O)Nc2ccc(C[n+]3cscc3C)cc2)cc1F. The van der Waals surface area contributed by atoms with Crippen molar-refractivity contribution in [3.63, 3.8) is 0 Å². The van der Waals surface area contributed by atoms with E-state index in [1.807, 2.05) is 24.3 Å². The first-order valence-electron chi connectivity index (χ1n) is 14.9. The van der Waals surface area contributed by atoms with Crippen LogP contribution in [0.1, 0.15) is 95.2 Å². The summed E-state index contributed by atoms with van der Waals surface area (Å²) in [5.41, 5.74) is 5.15. The largest absolute Gasteiger partial charge is 0.491 e. The Bertz CT molecular complexity index is 1130. The quantitative estimate of drug-likeness (QED) is 0.109. The highest BCUT2D eigenvalue weighted by molar-refractivity contribution is 7.07. The van der Waals surface area contributed by atoms with E-state index in [0.29, 0.717) is 18.0 Å². The molecule has 3 aromatic rings. The summed E-state index contributed by atoms with van der Waals surface area (Å²) in [6, 6.07) is 12.2. The van der Waals surface area contributed by atoms with Crippen molar-refractivity contribution < 1.29 is 23.2 Å². The van der Waals surface area contributed by atoms with Gasteiger partial charge in [0.15, 0.2) is 30.4 Å². The van der Waals surface area contributed by atoms with E-state index < -0.39 is 5.82 Å². The number of amides is 1. The van der Waals surface area contributed by atoms with Crippen molar-refractivity contribution in [2.45, 2.75) is 97.4 Å². The van der Waals surface area contributed by atoms with Crippen LogP contribution < -0.4 is 19.4 Å². The number of nitrogens with zero attached hydrogens (tertiary/aromatic N) is 1. The Balaban J connectivity index is 1.25. The second-order valence-corrected chi connectivity index (χ2v) is 11.2. The fourth-order valence-electron chi connectivity index (χ4n) is 4.56. The Hall–Kier alpha value is -2.93. The number of rotatable bonds is 20. The molecule has 3 rings (SSSR count). The predicted octanol–water partition coefficient (Wildman–Crippen LogP) is 8.63. The molecule has 5 nitrogen and oxygen atoms in total. The molecule has 40 heavy (non-hydrogen) atoms. The molecule has 0 atom stereocenters. The topological polar surface area (TPSA) is 51.4 Å². The van der Waals surface area contributed by atoms with Gasteiger partial charge in [0, 0.05) is 24.2 Å². The van der Waals surface area contributed by atoms with E-state index in [0.717, 1.165) is 24.9 Å². The molecule has 218 valence electrons. The summed E-state index contributed by atoms with van der Waals surface area (Å²) >= 11 is 1.67. The van der Waals surface area contributed by atoms with Gasteiger partial charge in [-0.3, -0.25) is 4.79 Å². The fraction of sp³-hybridized carbons (Fsp3) is 0.515. The van der Waals surface area contributed by atoms with Crippen LogP contribution in [0, 0.1) is 12.7 Å². The van der Waals surface area contributed by atoms with E-state index in [1.165, 1.54) is 76.0 Å². The summed E-state index contributed by atoms with van der Waals surface area (Å²) in [6.07, 6.45) is 15.3. The van der Waals surface area contributed by atoms with E-state index in [-0.39, 0.29) is 18.3 Å². The van der Waals surface area contributed by atoms with Crippen molar-refractivity contribution in [1.82, 2.24) is 0 Å². The number of nitrogens with one attached hydrogen (secondary N) is 1. The normalized spacial score (nSPS) is 11.0. The molecule has 0 fully saturated rings. The molecule has 0 aliphatic carbocycles. The van der Waals surface area contributed by atoms with Gasteiger partial charge in [-0.1, -0.05) is 101 Å². The number of halogens is 1. The second kappa shape index (κ2) is 18.4. The van der Waals surface area contributed by atoms with E-state index in [2.05, 4.69) is 34.6 Å². The lowest BCUT2D eigenvalue weighted by atomic mass is 10.1. The molecule has 0 spiro atoms. The highest BCUT2D eigenvalue weighted by Gasteiger charge is 2.10. The van der Waals surface area contributed by atoms with Gasteiger partial charge in [0.05, 0.1) is 12.0 Å². The summed E-state index contributed by atoms with van der Waals surface area (Å²) in [5.74, 6) is -0.269. The van der Waals surface area contributed by atoms with Crippen LogP contribution in [0.25, 0.3) is 0 Å². The third-order valence-corrected chi connectivity index (χ3v) is 7.85. The standard InChI is InChI=1S/C33H45FN2O3S/c1-3-4-5-6-7-8-9-10-11-12-13-14-21-38-32-20-19-30(22-31(32)34)39-24-33(37)35-29-17-15-28(16-18-29)23-36-26-40-25-27(36)2/h15-20,22,25-26H,3-14,21,23-24H2,1-2H3/p+1. The average molecular weight is 570 g/mol.